The van der Waals surface area contributed by atoms with Gasteiger partial charge in [-0.3, -0.25) is 4.79 Å². The Morgan fingerprint density at radius 3 is 2.32 bits per heavy atom. The molecule has 1 aromatic carbocycles. The maximum Gasteiger partial charge on any atom is 0.256 e. The minimum atomic E-state index is -0.170. The van der Waals surface area contributed by atoms with Crippen molar-refractivity contribution >= 4 is 22.2 Å². The molecule has 1 amide bonds. The van der Waals surface area contributed by atoms with E-state index in [2.05, 4.69) is 65.2 Å². The number of nitrogens with two attached hydrogens (primary N) is 1. The van der Waals surface area contributed by atoms with Crippen molar-refractivity contribution in [3.63, 3.8) is 0 Å². The van der Waals surface area contributed by atoms with E-state index in [1.54, 1.807) is 0 Å². The number of benzene rings is 1. The van der Waals surface area contributed by atoms with Gasteiger partial charge >= 0.3 is 0 Å². The number of thiophene rings is 1. The van der Waals surface area contributed by atoms with Crippen molar-refractivity contribution in [2.45, 2.75) is 71.4 Å². The first-order chi connectivity index (χ1) is 12.8. The third kappa shape index (κ3) is 3.85. The molecule has 0 bridgehead atoms. The minimum Gasteiger partial charge on any atom is -0.333 e. The molecule has 0 unspecified atom stereocenters. The van der Waals surface area contributed by atoms with Crippen molar-refractivity contribution in [3.8, 4) is 6.07 Å². The second kappa shape index (κ2) is 6.72. The quantitative estimate of drug-likeness (QED) is 0.794. The van der Waals surface area contributed by atoms with E-state index in [9.17, 15) is 10.1 Å². The Bertz CT molecular complexity index is 953. The molecule has 28 heavy (non-hydrogen) atoms. The first kappa shape index (κ1) is 20.6. The SMILES string of the molecule is CC1(C)Cc2c(sc(NC(=O)c3ccc(C(C)(C)C)cc3)c2C#N)C(C)(C)[NH2+]1. The number of hydrogen-bond acceptors (Lipinski definition) is 3. The first-order valence-electron chi connectivity index (χ1n) is 9.69. The van der Waals surface area contributed by atoms with E-state index >= 15 is 0 Å². The van der Waals surface area contributed by atoms with Crippen LogP contribution in [0, 0.1) is 11.3 Å². The summed E-state index contributed by atoms with van der Waals surface area (Å²) in [7, 11) is 0. The van der Waals surface area contributed by atoms with Crippen LogP contribution in [0.1, 0.15) is 80.4 Å². The van der Waals surface area contributed by atoms with Crippen LogP contribution in [0.5, 0.6) is 0 Å². The lowest BCUT2D eigenvalue weighted by Gasteiger charge is -2.38. The van der Waals surface area contributed by atoms with Crippen molar-refractivity contribution in [1.82, 2.24) is 0 Å². The van der Waals surface area contributed by atoms with Gasteiger partial charge in [-0.2, -0.15) is 5.26 Å². The number of quaternary nitrogens is 1. The van der Waals surface area contributed by atoms with Crippen LogP contribution in [-0.2, 0) is 17.4 Å². The Kier molecular flexibility index (Phi) is 4.94. The van der Waals surface area contributed by atoms with E-state index in [1.807, 2.05) is 24.3 Å². The highest BCUT2D eigenvalue weighted by Crippen LogP contribution is 2.41. The van der Waals surface area contributed by atoms with Crippen LogP contribution in [0.15, 0.2) is 24.3 Å². The van der Waals surface area contributed by atoms with Crippen molar-refractivity contribution in [2.75, 3.05) is 5.32 Å². The van der Waals surface area contributed by atoms with E-state index in [4.69, 9.17) is 0 Å². The molecule has 5 heteroatoms. The Hall–Kier alpha value is -2.16. The number of nitriles is 1. The molecule has 2 heterocycles. The van der Waals surface area contributed by atoms with Gasteiger partial charge in [0.05, 0.1) is 16.0 Å². The number of nitrogens with one attached hydrogen (secondary N) is 1. The number of amides is 1. The molecule has 1 aromatic heterocycles. The van der Waals surface area contributed by atoms with Crippen LogP contribution < -0.4 is 10.6 Å². The third-order valence-corrected chi connectivity index (χ3v) is 6.82. The predicted molar refractivity (Wildman–Crippen MR) is 115 cm³/mol. The molecular weight excluding hydrogens is 366 g/mol. The van der Waals surface area contributed by atoms with E-state index in [0.717, 1.165) is 12.0 Å². The molecule has 0 saturated heterocycles. The highest BCUT2D eigenvalue weighted by atomic mass is 32.1. The number of anilines is 1. The Balaban J connectivity index is 1.93. The number of hydrogen-bond donors (Lipinski definition) is 2. The molecular formula is C23H30N3OS+. The summed E-state index contributed by atoms with van der Waals surface area (Å²) in [6, 6.07) is 10.1. The normalized spacial score (nSPS) is 17.5. The number of rotatable bonds is 2. The van der Waals surface area contributed by atoms with Gasteiger partial charge in [0.25, 0.3) is 5.91 Å². The Morgan fingerprint density at radius 1 is 1.18 bits per heavy atom. The highest BCUT2D eigenvalue weighted by molar-refractivity contribution is 7.16. The van der Waals surface area contributed by atoms with Gasteiger partial charge in [-0.1, -0.05) is 32.9 Å². The molecule has 0 atom stereocenters. The number of carbonyl (C=O) groups is 1. The van der Waals surface area contributed by atoms with Gasteiger partial charge in [-0.25, -0.2) is 0 Å². The summed E-state index contributed by atoms with van der Waals surface area (Å²) < 4.78 is 0. The fourth-order valence-corrected chi connectivity index (χ4v) is 5.44. The smallest absolute Gasteiger partial charge is 0.256 e. The molecule has 0 spiro atoms. The fourth-order valence-electron chi connectivity index (χ4n) is 4.21. The maximum absolute atomic E-state index is 12.8. The number of nitrogens with zero attached hydrogens (tertiary/aromatic N) is 1. The summed E-state index contributed by atoms with van der Waals surface area (Å²) in [5.41, 5.74) is 3.45. The largest absolute Gasteiger partial charge is 0.333 e. The van der Waals surface area contributed by atoms with Crippen LogP contribution in [0.2, 0.25) is 0 Å². The zero-order valence-corrected chi connectivity index (χ0v) is 18.7. The molecule has 1 aliphatic heterocycles. The molecule has 2 aromatic rings. The topological polar surface area (TPSA) is 69.5 Å². The Morgan fingerprint density at radius 2 is 1.79 bits per heavy atom. The summed E-state index contributed by atoms with van der Waals surface area (Å²) in [4.78, 5) is 14.0. The molecule has 0 fully saturated rings. The third-order valence-electron chi connectivity index (χ3n) is 5.33. The predicted octanol–water partition coefficient (Wildman–Crippen LogP) is 4.30. The molecule has 0 saturated carbocycles. The average molecular weight is 397 g/mol. The number of fused-ring (bicyclic) bond motifs is 1. The van der Waals surface area contributed by atoms with Crippen molar-refractivity contribution in [1.29, 1.82) is 5.26 Å². The second-order valence-corrected chi connectivity index (χ2v) is 11.1. The van der Waals surface area contributed by atoms with Crippen LogP contribution in [0.3, 0.4) is 0 Å². The van der Waals surface area contributed by atoms with Gasteiger partial charge in [-0.05, 0) is 56.4 Å². The lowest BCUT2D eigenvalue weighted by atomic mass is 9.81. The van der Waals surface area contributed by atoms with Crippen LogP contribution in [0.4, 0.5) is 5.00 Å². The van der Waals surface area contributed by atoms with Crippen molar-refractivity contribution in [3.05, 3.63) is 51.4 Å². The Labute approximate surface area is 172 Å². The van der Waals surface area contributed by atoms with Crippen LogP contribution in [-0.4, -0.2) is 11.4 Å². The molecule has 0 aliphatic carbocycles. The second-order valence-electron chi connectivity index (χ2n) is 10.0. The summed E-state index contributed by atoms with van der Waals surface area (Å²) in [5.74, 6) is -0.170. The fraction of sp³-hybridized carbons (Fsp3) is 0.478. The average Bonchev–Trinajstić information content (AvgIpc) is 2.90. The lowest BCUT2D eigenvalue weighted by molar-refractivity contribution is -0.789. The lowest BCUT2D eigenvalue weighted by Crippen LogP contribution is -3.03. The number of carbonyl (C=O) groups excluding carboxylic acids is 1. The molecule has 0 radical (unpaired) electrons. The van der Waals surface area contributed by atoms with Gasteiger partial charge in [-0.15, -0.1) is 11.3 Å². The van der Waals surface area contributed by atoms with E-state index in [0.29, 0.717) is 16.1 Å². The zero-order valence-electron chi connectivity index (χ0n) is 17.9. The standard InChI is InChI=1S/C23H29N3OS/c1-21(2,3)15-10-8-14(9-11-15)19(27)25-20-17(13-24)16-12-22(4,5)26-23(6,7)18(16)28-20/h8-11,26H,12H2,1-7H3,(H,25,27)/p+1. The van der Waals surface area contributed by atoms with E-state index in [1.165, 1.54) is 21.8 Å². The maximum atomic E-state index is 12.8. The highest BCUT2D eigenvalue weighted by Gasteiger charge is 2.44. The summed E-state index contributed by atoms with van der Waals surface area (Å²) >= 11 is 1.54. The van der Waals surface area contributed by atoms with E-state index < -0.39 is 0 Å². The summed E-state index contributed by atoms with van der Waals surface area (Å²) in [6.45, 7) is 15.2. The summed E-state index contributed by atoms with van der Waals surface area (Å²) in [5, 5.41) is 15.8. The van der Waals surface area contributed by atoms with Crippen molar-refractivity contribution in [2.24, 2.45) is 0 Å². The van der Waals surface area contributed by atoms with Gasteiger partial charge in [0.15, 0.2) is 0 Å². The summed E-state index contributed by atoms with van der Waals surface area (Å²) in [6.07, 6.45) is 0.821. The van der Waals surface area contributed by atoms with Crippen LogP contribution >= 0.6 is 11.3 Å². The minimum absolute atomic E-state index is 0.0211. The molecule has 1 aliphatic rings. The van der Waals surface area contributed by atoms with Gasteiger partial charge in [0.2, 0.25) is 0 Å². The zero-order chi connectivity index (χ0) is 20.9. The van der Waals surface area contributed by atoms with Crippen LogP contribution in [0.25, 0.3) is 0 Å². The molecule has 4 nitrogen and oxygen atoms in total. The molecule has 3 rings (SSSR count). The van der Waals surface area contributed by atoms with Gasteiger partial charge < -0.3 is 10.6 Å². The van der Waals surface area contributed by atoms with Gasteiger partial charge in [0.1, 0.15) is 16.6 Å². The molecule has 3 N–H and O–H groups in total. The first-order valence-corrected chi connectivity index (χ1v) is 10.5. The molecule has 148 valence electrons. The monoisotopic (exact) mass is 396 g/mol. The van der Waals surface area contributed by atoms with Gasteiger partial charge in [0, 0.05) is 12.0 Å². The van der Waals surface area contributed by atoms with E-state index in [-0.39, 0.29) is 22.4 Å². The van der Waals surface area contributed by atoms with Crippen molar-refractivity contribution < 1.29 is 10.1 Å².